The molecule has 4 aliphatic rings. The minimum absolute atomic E-state index is 0.0957. The van der Waals surface area contributed by atoms with Crippen LogP contribution >= 0.6 is 0 Å². The average Bonchev–Trinajstić information content (AvgIpc) is 3.01. The predicted octanol–water partition coefficient (Wildman–Crippen LogP) is 3.45. The first-order chi connectivity index (χ1) is 13.6. The van der Waals surface area contributed by atoms with Gasteiger partial charge in [-0.1, -0.05) is 20.8 Å². The first kappa shape index (κ1) is 21.6. The SMILES string of the molecule is C[C@@H](CCC(=O)O)[C@H]1CC[C@H]2[C@@H]3[C@H](O)C[C@@H]4C[C@H](O)CC[C@]4(C)[C@H]3C[C@@H](O)[C@]12C. The second-order valence-corrected chi connectivity index (χ2v) is 11.4. The molecule has 0 aromatic heterocycles. The van der Waals surface area contributed by atoms with Crippen molar-refractivity contribution in [2.75, 3.05) is 0 Å². The van der Waals surface area contributed by atoms with Gasteiger partial charge in [0.05, 0.1) is 18.3 Å². The molecule has 0 aliphatic heterocycles. The van der Waals surface area contributed by atoms with Crippen molar-refractivity contribution in [1.82, 2.24) is 0 Å². The van der Waals surface area contributed by atoms with Crippen LogP contribution in [-0.4, -0.2) is 44.7 Å². The zero-order chi connectivity index (χ0) is 21.1. The standard InChI is InChI=1S/C24H40O5/c1-13(4-7-21(28)29)16-5-6-17-22-18(12-20(27)24(16,17)3)23(2)9-8-15(25)10-14(23)11-19(22)26/h13-20,22,25-27H,4-12H2,1-3H3,(H,28,29)/t13-,14-,15+,16+,17-,18-,19+,20+,22-,23-,24+/m0/s1. The fourth-order valence-corrected chi connectivity index (χ4v) is 8.68. The van der Waals surface area contributed by atoms with E-state index in [9.17, 15) is 20.1 Å². The Balaban J connectivity index is 1.61. The van der Waals surface area contributed by atoms with Gasteiger partial charge in [0, 0.05) is 6.42 Å². The largest absolute Gasteiger partial charge is 0.481 e. The van der Waals surface area contributed by atoms with Gasteiger partial charge in [-0.15, -0.1) is 0 Å². The fraction of sp³-hybridized carbons (Fsp3) is 0.958. The van der Waals surface area contributed by atoms with Gasteiger partial charge in [0.25, 0.3) is 0 Å². The van der Waals surface area contributed by atoms with E-state index in [2.05, 4.69) is 20.8 Å². The van der Waals surface area contributed by atoms with Gasteiger partial charge in [0.1, 0.15) is 0 Å². The quantitative estimate of drug-likeness (QED) is 0.571. The molecular formula is C24H40O5. The molecule has 29 heavy (non-hydrogen) atoms. The van der Waals surface area contributed by atoms with Crippen LogP contribution in [0.3, 0.4) is 0 Å². The lowest BCUT2D eigenvalue weighted by Crippen LogP contribution is -2.62. The third-order valence-corrected chi connectivity index (χ3v) is 10.3. The molecule has 0 unspecified atom stereocenters. The van der Waals surface area contributed by atoms with Gasteiger partial charge in [-0.2, -0.15) is 0 Å². The van der Waals surface area contributed by atoms with Crippen molar-refractivity contribution in [3.63, 3.8) is 0 Å². The molecule has 0 amide bonds. The fourth-order valence-electron chi connectivity index (χ4n) is 8.68. The number of aliphatic carboxylic acids is 1. The van der Waals surface area contributed by atoms with E-state index in [1.165, 1.54) is 0 Å². The van der Waals surface area contributed by atoms with Crippen molar-refractivity contribution in [3.8, 4) is 0 Å². The zero-order valence-electron chi connectivity index (χ0n) is 18.3. The van der Waals surface area contributed by atoms with Crippen molar-refractivity contribution >= 4 is 5.97 Å². The molecule has 0 saturated heterocycles. The lowest BCUT2D eigenvalue weighted by molar-refractivity contribution is -0.207. The number of aliphatic hydroxyl groups excluding tert-OH is 3. The number of aliphatic hydroxyl groups is 3. The van der Waals surface area contributed by atoms with E-state index < -0.39 is 12.1 Å². The number of carboxylic acids is 1. The molecule has 4 rings (SSSR count). The van der Waals surface area contributed by atoms with Gasteiger partial charge in [-0.3, -0.25) is 4.79 Å². The second-order valence-electron chi connectivity index (χ2n) is 11.4. The number of carboxylic acid groups (broad SMARTS) is 1. The Morgan fingerprint density at radius 1 is 1.03 bits per heavy atom. The topological polar surface area (TPSA) is 98.0 Å². The first-order valence-electron chi connectivity index (χ1n) is 11.8. The van der Waals surface area contributed by atoms with E-state index in [0.717, 1.165) is 44.9 Å². The van der Waals surface area contributed by atoms with Crippen LogP contribution < -0.4 is 0 Å². The highest BCUT2D eigenvalue weighted by molar-refractivity contribution is 5.66. The Hall–Kier alpha value is -0.650. The number of fused-ring (bicyclic) bond motifs is 5. The minimum atomic E-state index is -0.748. The van der Waals surface area contributed by atoms with E-state index >= 15 is 0 Å². The molecule has 0 bridgehead atoms. The van der Waals surface area contributed by atoms with Crippen LogP contribution in [0.1, 0.15) is 78.6 Å². The molecule has 4 saturated carbocycles. The molecule has 5 heteroatoms. The van der Waals surface area contributed by atoms with E-state index in [-0.39, 0.29) is 41.3 Å². The van der Waals surface area contributed by atoms with Crippen molar-refractivity contribution in [3.05, 3.63) is 0 Å². The van der Waals surface area contributed by atoms with E-state index in [1.807, 2.05) is 0 Å². The summed E-state index contributed by atoms with van der Waals surface area (Å²) in [6, 6.07) is 0. The molecule has 0 heterocycles. The molecule has 0 aromatic carbocycles. The zero-order valence-corrected chi connectivity index (χ0v) is 18.3. The van der Waals surface area contributed by atoms with E-state index in [4.69, 9.17) is 5.11 Å². The van der Waals surface area contributed by atoms with Gasteiger partial charge in [-0.05, 0) is 97.7 Å². The Labute approximate surface area is 174 Å². The smallest absolute Gasteiger partial charge is 0.303 e. The van der Waals surface area contributed by atoms with Crippen molar-refractivity contribution in [1.29, 1.82) is 0 Å². The molecule has 0 aromatic rings. The maximum Gasteiger partial charge on any atom is 0.303 e. The Morgan fingerprint density at radius 2 is 1.76 bits per heavy atom. The van der Waals surface area contributed by atoms with E-state index in [0.29, 0.717) is 30.1 Å². The van der Waals surface area contributed by atoms with Crippen molar-refractivity contribution < 1.29 is 25.2 Å². The Bertz CT molecular complexity index is 637. The lowest BCUT2D eigenvalue weighted by atomic mass is 9.43. The number of hydrogen-bond donors (Lipinski definition) is 4. The molecule has 4 aliphatic carbocycles. The average molecular weight is 409 g/mol. The monoisotopic (exact) mass is 408 g/mol. The lowest BCUT2D eigenvalue weighted by Gasteiger charge is -2.63. The molecule has 4 N–H and O–H groups in total. The predicted molar refractivity (Wildman–Crippen MR) is 110 cm³/mol. The molecule has 0 spiro atoms. The third-order valence-electron chi connectivity index (χ3n) is 10.3. The minimum Gasteiger partial charge on any atom is -0.481 e. The molecule has 4 fully saturated rings. The Kier molecular flexibility index (Phi) is 5.57. The number of hydrogen-bond acceptors (Lipinski definition) is 4. The summed E-state index contributed by atoms with van der Waals surface area (Å²) in [6.07, 6.45) is 6.00. The second kappa shape index (κ2) is 7.49. The van der Waals surface area contributed by atoms with Crippen molar-refractivity contribution in [2.24, 2.45) is 46.3 Å². The van der Waals surface area contributed by atoms with Gasteiger partial charge in [0.2, 0.25) is 0 Å². The van der Waals surface area contributed by atoms with Crippen LogP contribution in [-0.2, 0) is 4.79 Å². The summed E-state index contributed by atoms with van der Waals surface area (Å²) in [6.45, 7) is 6.72. The maximum absolute atomic E-state index is 11.5. The molecule has 0 radical (unpaired) electrons. The summed E-state index contributed by atoms with van der Waals surface area (Å²) in [5.74, 6) is 0.997. The highest BCUT2D eigenvalue weighted by Gasteiger charge is 2.65. The molecule has 166 valence electrons. The van der Waals surface area contributed by atoms with Crippen LogP contribution in [0.2, 0.25) is 0 Å². The summed E-state index contributed by atoms with van der Waals surface area (Å²) < 4.78 is 0. The summed E-state index contributed by atoms with van der Waals surface area (Å²) in [5.41, 5.74) is -0.143. The van der Waals surface area contributed by atoms with Gasteiger partial charge in [0.15, 0.2) is 0 Å². The maximum atomic E-state index is 11.5. The van der Waals surface area contributed by atoms with E-state index in [1.54, 1.807) is 0 Å². The Morgan fingerprint density at radius 3 is 2.45 bits per heavy atom. The summed E-state index contributed by atoms with van der Waals surface area (Å²) in [7, 11) is 0. The number of rotatable bonds is 4. The first-order valence-corrected chi connectivity index (χ1v) is 11.8. The summed E-state index contributed by atoms with van der Waals surface area (Å²) in [4.78, 5) is 11.1. The summed E-state index contributed by atoms with van der Waals surface area (Å²) >= 11 is 0. The third kappa shape index (κ3) is 3.27. The highest BCUT2D eigenvalue weighted by atomic mass is 16.4. The van der Waals surface area contributed by atoms with Crippen LogP contribution in [0.15, 0.2) is 0 Å². The molecule has 11 atom stereocenters. The number of carbonyl (C=O) groups is 1. The van der Waals surface area contributed by atoms with Gasteiger partial charge in [-0.25, -0.2) is 0 Å². The van der Waals surface area contributed by atoms with Crippen LogP contribution in [0, 0.1) is 46.3 Å². The highest BCUT2D eigenvalue weighted by Crippen LogP contribution is 2.68. The van der Waals surface area contributed by atoms with Crippen molar-refractivity contribution in [2.45, 2.75) is 96.9 Å². The van der Waals surface area contributed by atoms with Crippen LogP contribution in [0.25, 0.3) is 0 Å². The van der Waals surface area contributed by atoms with Crippen LogP contribution in [0.5, 0.6) is 0 Å². The normalized spacial score (nSPS) is 52.9. The summed E-state index contributed by atoms with van der Waals surface area (Å²) in [5, 5.41) is 42.0. The van der Waals surface area contributed by atoms with Crippen LogP contribution in [0.4, 0.5) is 0 Å². The molecule has 5 nitrogen and oxygen atoms in total. The molecular weight excluding hydrogens is 368 g/mol. The van der Waals surface area contributed by atoms with Gasteiger partial charge < -0.3 is 20.4 Å². The van der Waals surface area contributed by atoms with Gasteiger partial charge >= 0.3 is 5.97 Å².